The maximum Gasteiger partial charge on any atom is 0.220 e. The predicted molar refractivity (Wildman–Crippen MR) is 73.7 cm³/mol. The van der Waals surface area contributed by atoms with Crippen molar-refractivity contribution in [1.82, 2.24) is 5.32 Å². The molecule has 4 nitrogen and oxygen atoms in total. The van der Waals surface area contributed by atoms with Crippen molar-refractivity contribution in [3.63, 3.8) is 0 Å². The van der Waals surface area contributed by atoms with Gasteiger partial charge in [0.15, 0.2) is 0 Å². The lowest BCUT2D eigenvalue weighted by atomic mass is 9.93. The van der Waals surface area contributed by atoms with Crippen LogP contribution in [0.25, 0.3) is 0 Å². The third-order valence-corrected chi connectivity index (χ3v) is 3.08. The Morgan fingerprint density at radius 3 is 2.56 bits per heavy atom. The van der Waals surface area contributed by atoms with Crippen molar-refractivity contribution in [2.24, 2.45) is 17.1 Å². The second kappa shape index (κ2) is 8.93. The van der Waals surface area contributed by atoms with E-state index in [-0.39, 0.29) is 5.91 Å². The number of carbonyl (C=O) groups is 1. The zero-order valence-electron chi connectivity index (χ0n) is 12.0. The van der Waals surface area contributed by atoms with Gasteiger partial charge in [-0.1, -0.05) is 19.8 Å². The molecule has 0 radical (unpaired) electrons. The van der Waals surface area contributed by atoms with Gasteiger partial charge < -0.3 is 11.1 Å². The van der Waals surface area contributed by atoms with Gasteiger partial charge in [-0.2, -0.15) is 5.26 Å². The highest BCUT2D eigenvalue weighted by Crippen LogP contribution is 2.17. The summed E-state index contributed by atoms with van der Waals surface area (Å²) in [6.45, 7) is 6.90. The molecule has 0 aliphatic heterocycles. The van der Waals surface area contributed by atoms with Gasteiger partial charge in [-0.25, -0.2) is 0 Å². The number of nitriles is 1. The Hall–Kier alpha value is -1.08. The highest BCUT2D eigenvalue weighted by atomic mass is 16.1. The molecule has 0 rings (SSSR count). The summed E-state index contributed by atoms with van der Waals surface area (Å²) in [6.07, 6.45) is 4.68. The molecule has 0 saturated carbocycles. The Morgan fingerprint density at radius 2 is 2.06 bits per heavy atom. The second-order valence-electron chi connectivity index (χ2n) is 5.54. The van der Waals surface area contributed by atoms with Gasteiger partial charge in [0, 0.05) is 13.0 Å². The largest absolute Gasteiger partial charge is 0.355 e. The zero-order chi connectivity index (χ0) is 14.0. The van der Waals surface area contributed by atoms with Crippen molar-refractivity contribution in [1.29, 1.82) is 5.26 Å². The van der Waals surface area contributed by atoms with Crippen LogP contribution in [0.1, 0.15) is 52.9 Å². The van der Waals surface area contributed by atoms with Gasteiger partial charge in [0.05, 0.1) is 11.5 Å². The lowest BCUT2D eigenvalue weighted by Crippen LogP contribution is -2.33. The minimum atomic E-state index is -0.490. The molecule has 18 heavy (non-hydrogen) atoms. The molecule has 0 spiro atoms. The van der Waals surface area contributed by atoms with Crippen LogP contribution in [0.15, 0.2) is 0 Å². The summed E-state index contributed by atoms with van der Waals surface area (Å²) in [5.41, 5.74) is 5.07. The summed E-state index contributed by atoms with van der Waals surface area (Å²) in [4.78, 5) is 11.7. The molecule has 3 N–H and O–H groups in total. The lowest BCUT2D eigenvalue weighted by molar-refractivity contribution is -0.121. The summed E-state index contributed by atoms with van der Waals surface area (Å²) in [5, 5.41) is 11.7. The number of nitrogens with two attached hydrogens (primary N) is 1. The molecule has 0 aromatic rings. The fourth-order valence-electron chi connectivity index (χ4n) is 1.86. The molecular weight excluding hydrogens is 226 g/mol. The number of hydrogen-bond acceptors (Lipinski definition) is 3. The molecule has 0 aliphatic carbocycles. The highest BCUT2D eigenvalue weighted by molar-refractivity contribution is 5.75. The molecule has 104 valence electrons. The van der Waals surface area contributed by atoms with Crippen molar-refractivity contribution in [3.8, 4) is 6.07 Å². The fraction of sp³-hybridized carbons (Fsp3) is 0.857. The van der Waals surface area contributed by atoms with Gasteiger partial charge in [-0.05, 0) is 39.2 Å². The number of carbonyl (C=O) groups excluding carboxylic acids is 1. The van der Waals surface area contributed by atoms with Crippen LogP contribution in [0.3, 0.4) is 0 Å². The van der Waals surface area contributed by atoms with E-state index in [0.29, 0.717) is 25.4 Å². The molecule has 0 saturated heterocycles. The van der Waals surface area contributed by atoms with Crippen LogP contribution in [0.4, 0.5) is 0 Å². The topological polar surface area (TPSA) is 78.9 Å². The van der Waals surface area contributed by atoms with E-state index in [0.717, 1.165) is 25.7 Å². The molecule has 0 aromatic carbocycles. The van der Waals surface area contributed by atoms with Crippen LogP contribution < -0.4 is 11.1 Å². The fourth-order valence-corrected chi connectivity index (χ4v) is 1.86. The Labute approximate surface area is 111 Å². The molecule has 1 unspecified atom stereocenters. The molecule has 1 amide bonds. The Bertz CT molecular complexity index is 275. The van der Waals surface area contributed by atoms with Crippen molar-refractivity contribution in [2.75, 3.05) is 13.1 Å². The van der Waals surface area contributed by atoms with Crippen molar-refractivity contribution in [2.45, 2.75) is 52.9 Å². The van der Waals surface area contributed by atoms with E-state index < -0.39 is 5.41 Å². The molecule has 4 heteroatoms. The Kier molecular flexibility index (Phi) is 8.40. The van der Waals surface area contributed by atoms with Gasteiger partial charge in [0.25, 0.3) is 0 Å². The quantitative estimate of drug-likeness (QED) is 0.661. The monoisotopic (exact) mass is 253 g/mol. The summed E-state index contributed by atoms with van der Waals surface area (Å²) in [6, 6.07) is 2.17. The summed E-state index contributed by atoms with van der Waals surface area (Å²) in [5.74, 6) is 0.589. The van der Waals surface area contributed by atoms with E-state index in [9.17, 15) is 4.79 Å². The molecule has 1 atom stereocenters. The second-order valence-corrected chi connectivity index (χ2v) is 5.54. The summed E-state index contributed by atoms with van der Waals surface area (Å²) in [7, 11) is 0. The normalized spacial score (nSPS) is 12.8. The Morgan fingerprint density at radius 1 is 1.39 bits per heavy atom. The van der Waals surface area contributed by atoms with Crippen molar-refractivity contribution >= 4 is 5.91 Å². The first kappa shape index (κ1) is 16.9. The average Bonchev–Trinajstić information content (AvgIpc) is 2.34. The number of nitrogens with zero attached hydrogens (tertiary/aromatic N) is 1. The van der Waals surface area contributed by atoms with Gasteiger partial charge in [-0.3, -0.25) is 4.79 Å². The van der Waals surface area contributed by atoms with Crippen LogP contribution in [-0.2, 0) is 4.79 Å². The molecule has 0 fully saturated rings. The van der Waals surface area contributed by atoms with Gasteiger partial charge in [0.1, 0.15) is 0 Å². The van der Waals surface area contributed by atoms with E-state index in [1.165, 1.54) is 0 Å². The molecule has 0 bridgehead atoms. The van der Waals surface area contributed by atoms with Gasteiger partial charge >= 0.3 is 0 Å². The number of amides is 1. The minimum absolute atomic E-state index is 0.0384. The maximum atomic E-state index is 11.7. The average molecular weight is 253 g/mol. The van der Waals surface area contributed by atoms with Crippen LogP contribution in [0, 0.1) is 22.7 Å². The van der Waals surface area contributed by atoms with Crippen LogP contribution in [0.5, 0.6) is 0 Å². The smallest absolute Gasteiger partial charge is 0.220 e. The summed E-state index contributed by atoms with van der Waals surface area (Å²) < 4.78 is 0. The van der Waals surface area contributed by atoms with Crippen LogP contribution in [-0.4, -0.2) is 19.0 Å². The number of hydrogen-bond donors (Lipinski definition) is 2. The third kappa shape index (κ3) is 8.08. The van der Waals surface area contributed by atoms with E-state index in [1.54, 1.807) is 0 Å². The first-order valence-electron chi connectivity index (χ1n) is 6.83. The van der Waals surface area contributed by atoms with Crippen molar-refractivity contribution in [3.05, 3.63) is 0 Å². The zero-order valence-corrected chi connectivity index (χ0v) is 12.0. The molecular formula is C14H27N3O. The minimum Gasteiger partial charge on any atom is -0.355 e. The number of nitrogens with one attached hydrogen (secondary N) is 1. The van der Waals surface area contributed by atoms with Crippen LogP contribution in [0.2, 0.25) is 0 Å². The SMILES string of the molecule is CCCC(CCN)CCC(=O)NCC(C)(C)C#N. The Balaban J connectivity index is 3.91. The first-order valence-corrected chi connectivity index (χ1v) is 6.83. The summed E-state index contributed by atoms with van der Waals surface area (Å²) >= 11 is 0. The van der Waals surface area contributed by atoms with E-state index in [4.69, 9.17) is 11.0 Å². The van der Waals surface area contributed by atoms with E-state index in [1.807, 2.05) is 13.8 Å². The van der Waals surface area contributed by atoms with Gasteiger partial charge in [-0.15, -0.1) is 0 Å². The molecule has 0 aliphatic rings. The number of rotatable bonds is 9. The predicted octanol–water partition coefficient (Wildman–Crippen LogP) is 2.20. The van der Waals surface area contributed by atoms with E-state index >= 15 is 0 Å². The van der Waals surface area contributed by atoms with Crippen molar-refractivity contribution < 1.29 is 4.79 Å². The first-order chi connectivity index (χ1) is 8.45. The molecule has 0 heterocycles. The van der Waals surface area contributed by atoms with Crippen LogP contribution >= 0.6 is 0 Å². The van der Waals surface area contributed by atoms with Gasteiger partial charge in [0.2, 0.25) is 5.91 Å². The standard InChI is InChI=1S/C14H27N3O/c1-4-5-12(8-9-15)6-7-13(18)17-11-14(2,3)10-16/h12H,4-9,11,15H2,1-3H3,(H,17,18). The van der Waals surface area contributed by atoms with E-state index in [2.05, 4.69) is 18.3 Å². The molecule has 0 aromatic heterocycles. The maximum absolute atomic E-state index is 11.7. The highest BCUT2D eigenvalue weighted by Gasteiger charge is 2.18. The third-order valence-electron chi connectivity index (χ3n) is 3.08. The lowest BCUT2D eigenvalue weighted by Gasteiger charge is -2.17.